The van der Waals surface area contributed by atoms with E-state index in [4.69, 9.17) is 15.7 Å². The van der Waals surface area contributed by atoms with Gasteiger partial charge in [0.1, 0.15) is 12.2 Å². The molecule has 1 aliphatic heterocycles. The van der Waals surface area contributed by atoms with Gasteiger partial charge in [0, 0.05) is 24.7 Å². The van der Waals surface area contributed by atoms with Crippen molar-refractivity contribution in [2.75, 3.05) is 26.0 Å². The first-order valence-corrected chi connectivity index (χ1v) is 11.1. The predicted octanol–water partition coefficient (Wildman–Crippen LogP) is 1.27. The lowest BCUT2D eigenvalue weighted by atomic mass is 10.00. The maximum atomic E-state index is 13.2. The summed E-state index contributed by atoms with van der Waals surface area (Å²) in [5.41, 5.74) is 5.53. The number of carbonyl (C=O) groups excluding carboxylic acids is 2. The third kappa shape index (κ3) is 4.36. The highest BCUT2D eigenvalue weighted by Gasteiger charge is 2.30. The van der Waals surface area contributed by atoms with Crippen LogP contribution in [0.5, 0.6) is 5.75 Å². The second kappa shape index (κ2) is 8.67. The summed E-state index contributed by atoms with van der Waals surface area (Å²) >= 11 is 0. The molecule has 0 aliphatic carbocycles. The number of nitrogens with zero attached hydrogens (tertiary/aromatic N) is 3. The van der Waals surface area contributed by atoms with Gasteiger partial charge in [-0.05, 0) is 42.3 Å². The standard InChI is InChI=1S/C20H22N4O5S/c1-29-17-10-15-14(9-16(17)19(22)26)5-7-23-20(15)30(27,28)12-13-3-2-8-24(11-13)18(25)4-6-21/h5,7,9-10,13H,2-4,8,11-12H2,1H3,(H2,22,26)/t13-/m1/s1. The van der Waals surface area contributed by atoms with Gasteiger partial charge in [0.25, 0.3) is 5.91 Å². The molecule has 2 N–H and O–H groups in total. The van der Waals surface area contributed by atoms with Gasteiger partial charge in [-0.25, -0.2) is 13.4 Å². The van der Waals surface area contributed by atoms with Crippen LogP contribution < -0.4 is 10.5 Å². The molecule has 3 rings (SSSR count). The number of rotatable bonds is 6. The number of ether oxygens (including phenoxy) is 1. The van der Waals surface area contributed by atoms with Crippen molar-refractivity contribution in [3.8, 4) is 11.8 Å². The van der Waals surface area contributed by atoms with Crippen molar-refractivity contribution >= 4 is 32.4 Å². The summed E-state index contributed by atoms with van der Waals surface area (Å²) in [4.78, 5) is 29.3. The van der Waals surface area contributed by atoms with Gasteiger partial charge in [0.2, 0.25) is 5.91 Å². The fraction of sp³-hybridized carbons (Fsp3) is 0.400. The molecule has 2 heterocycles. The van der Waals surface area contributed by atoms with Crippen LogP contribution in [0.25, 0.3) is 10.8 Å². The molecule has 0 bridgehead atoms. The van der Waals surface area contributed by atoms with E-state index in [1.165, 1.54) is 25.4 Å². The molecule has 1 saturated heterocycles. The number of primary amides is 1. The monoisotopic (exact) mass is 430 g/mol. The summed E-state index contributed by atoms with van der Waals surface area (Å²) in [7, 11) is -2.42. The van der Waals surface area contributed by atoms with Crippen molar-refractivity contribution in [2.45, 2.75) is 24.3 Å². The summed E-state index contributed by atoms with van der Waals surface area (Å²) in [5.74, 6) is -1.22. The Morgan fingerprint density at radius 1 is 1.40 bits per heavy atom. The van der Waals surface area contributed by atoms with Crippen LogP contribution in [0.3, 0.4) is 0 Å². The summed E-state index contributed by atoms with van der Waals surface area (Å²) < 4.78 is 31.6. The van der Waals surface area contributed by atoms with E-state index in [2.05, 4.69) is 4.98 Å². The van der Waals surface area contributed by atoms with Gasteiger partial charge in [0.05, 0.1) is 24.5 Å². The molecule has 2 aromatic rings. The molecule has 0 unspecified atom stereocenters. The molecule has 2 amide bonds. The van der Waals surface area contributed by atoms with Crippen molar-refractivity contribution < 1.29 is 22.7 Å². The second-order valence-corrected chi connectivity index (χ2v) is 9.17. The van der Waals surface area contributed by atoms with Crippen LogP contribution in [0.1, 0.15) is 29.6 Å². The number of hydrogen-bond acceptors (Lipinski definition) is 7. The average Bonchev–Trinajstić information content (AvgIpc) is 2.72. The Balaban J connectivity index is 1.93. The van der Waals surface area contributed by atoms with Crippen molar-refractivity contribution in [2.24, 2.45) is 11.7 Å². The highest BCUT2D eigenvalue weighted by molar-refractivity contribution is 7.91. The number of methoxy groups -OCH3 is 1. The first kappa shape index (κ1) is 21.5. The van der Waals surface area contributed by atoms with Crippen LogP contribution >= 0.6 is 0 Å². The lowest BCUT2D eigenvalue weighted by molar-refractivity contribution is -0.131. The first-order valence-electron chi connectivity index (χ1n) is 9.41. The maximum Gasteiger partial charge on any atom is 0.252 e. The van der Waals surface area contributed by atoms with Gasteiger partial charge in [0.15, 0.2) is 14.9 Å². The summed E-state index contributed by atoms with van der Waals surface area (Å²) in [6.45, 7) is 0.816. The van der Waals surface area contributed by atoms with Crippen LogP contribution in [-0.2, 0) is 14.6 Å². The van der Waals surface area contributed by atoms with Crippen LogP contribution in [0.15, 0.2) is 29.4 Å². The fourth-order valence-corrected chi connectivity index (χ4v) is 5.56. The predicted molar refractivity (Wildman–Crippen MR) is 108 cm³/mol. The minimum Gasteiger partial charge on any atom is -0.496 e. The summed E-state index contributed by atoms with van der Waals surface area (Å²) in [6.07, 6.45) is 2.49. The van der Waals surface area contributed by atoms with E-state index in [0.717, 1.165) is 0 Å². The lowest BCUT2D eigenvalue weighted by Crippen LogP contribution is -2.41. The average molecular weight is 430 g/mol. The molecule has 0 spiro atoms. The number of likely N-dealkylation sites (tertiary alicyclic amines) is 1. The molecule has 1 aromatic heterocycles. The van der Waals surface area contributed by atoms with Crippen molar-refractivity contribution in [3.63, 3.8) is 0 Å². The van der Waals surface area contributed by atoms with Crippen molar-refractivity contribution in [1.82, 2.24) is 9.88 Å². The Morgan fingerprint density at radius 2 is 2.17 bits per heavy atom. The smallest absolute Gasteiger partial charge is 0.252 e. The van der Waals surface area contributed by atoms with E-state index < -0.39 is 15.7 Å². The fourth-order valence-electron chi connectivity index (χ4n) is 3.78. The third-order valence-corrected chi connectivity index (χ3v) is 6.99. The number of hydrogen-bond donors (Lipinski definition) is 1. The van der Waals surface area contributed by atoms with E-state index in [1.54, 1.807) is 11.0 Å². The van der Waals surface area contributed by atoms with Crippen LogP contribution in [0.4, 0.5) is 0 Å². The number of pyridine rings is 1. The quantitative estimate of drug-likeness (QED) is 0.726. The largest absolute Gasteiger partial charge is 0.496 e. The molecule has 0 radical (unpaired) electrons. The second-order valence-electron chi connectivity index (χ2n) is 7.22. The number of aromatic nitrogens is 1. The van der Waals surface area contributed by atoms with E-state index >= 15 is 0 Å². The summed E-state index contributed by atoms with van der Waals surface area (Å²) in [6, 6.07) is 6.38. The Morgan fingerprint density at radius 3 is 2.83 bits per heavy atom. The Hall–Kier alpha value is -3.19. The van der Waals surface area contributed by atoms with Gasteiger partial charge < -0.3 is 15.4 Å². The number of piperidine rings is 1. The van der Waals surface area contributed by atoms with Crippen molar-refractivity contribution in [3.05, 3.63) is 30.0 Å². The van der Waals surface area contributed by atoms with Crippen LogP contribution in [-0.4, -0.2) is 56.1 Å². The number of amides is 2. The Bertz CT molecular complexity index is 1140. The maximum absolute atomic E-state index is 13.2. The molecular formula is C20H22N4O5S. The zero-order valence-corrected chi connectivity index (χ0v) is 17.3. The third-order valence-electron chi connectivity index (χ3n) is 5.17. The molecule has 1 aromatic carbocycles. The molecule has 1 aliphatic rings. The minimum absolute atomic E-state index is 0.102. The minimum atomic E-state index is -3.79. The number of sulfone groups is 1. The zero-order chi connectivity index (χ0) is 21.9. The lowest BCUT2D eigenvalue weighted by Gasteiger charge is -2.32. The SMILES string of the molecule is COc1cc2c(S(=O)(=O)C[C@@H]3CCCN(C(=O)CC#N)C3)nccc2cc1C(N)=O. The summed E-state index contributed by atoms with van der Waals surface area (Å²) in [5, 5.41) is 9.47. The molecule has 158 valence electrons. The molecule has 10 heteroatoms. The van der Waals surface area contributed by atoms with Gasteiger partial charge in [-0.1, -0.05) is 0 Å². The normalized spacial score (nSPS) is 16.8. The number of benzene rings is 1. The van der Waals surface area contributed by atoms with Gasteiger partial charge in [-0.15, -0.1) is 0 Å². The van der Waals surface area contributed by atoms with E-state index in [-0.39, 0.29) is 40.3 Å². The molecule has 1 atom stereocenters. The van der Waals surface area contributed by atoms with Crippen LogP contribution in [0.2, 0.25) is 0 Å². The Labute approximate surface area is 174 Å². The highest BCUT2D eigenvalue weighted by Crippen LogP contribution is 2.31. The number of nitriles is 1. The van der Waals surface area contributed by atoms with E-state index in [1.807, 2.05) is 6.07 Å². The van der Waals surface area contributed by atoms with Crippen LogP contribution in [0, 0.1) is 17.2 Å². The first-order chi connectivity index (χ1) is 14.3. The molecule has 0 saturated carbocycles. The number of fused-ring (bicyclic) bond motifs is 1. The molecule has 30 heavy (non-hydrogen) atoms. The number of carbonyl (C=O) groups is 2. The molecule has 1 fully saturated rings. The van der Waals surface area contributed by atoms with Gasteiger partial charge in [-0.2, -0.15) is 5.26 Å². The topological polar surface area (TPSA) is 143 Å². The van der Waals surface area contributed by atoms with E-state index in [9.17, 15) is 18.0 Å². The Kier molecular flexibility index (Phi) is 6.22. The molecular weight excluding hydrogens is 408 g/mol. The van der Waals surface area contributed by atoms with Gasteiger partial charge >= 0.3 is 0 Å². The van der Waals surface area contributed by atoms with Crippen molar-refractivity contribution in [1.29, 1.82) is 5.26 Å². The molecule has 9 nitrogen and oxygen atoms in total. The van der Waals surface area contributed by atoms with Gasteiger partial charge in [-0.3, -0.25) is 9.59 Å². The highest BCUT2D eigenvalue weighted by atomic mass is 32.2. The number of nitrogens with two attached hydrogens (primary N) is 1. The van der Waals surface area contributed by atoms with E-state index in [0.29, 0.717) is 36.7 Å². The zero-order valence-electron chi connectivity index (χ0n) is 16.5.